The van der Waals surface area contributed by atoms with Gasteiger partial charge in [0.15, 0.2) is 5.82 Å². The van der Waals surface area contributed by atoms with Gasteiger partial charge in [-0.05, 0) is 35.1 Å². The van der Waals surface area contributed by atoms with E-state index in [0.29, 0.717) is 31.5 Å². The average molecular weight is 334 g/mol. The van der Waals surface area contributed by atoms with Gasteiger partial charge in [-0.25, -0.2) is 9.48 Å². The van der Waals surface area contributed by atoms with Crippen LogP contribution in [0.4, 0.5) is 4.79 Å². The molecule has 1 unspecified atom stereocenters. The summed E-state index contributed by atoms with van der Waals surface area (Å²) in [6.07, 6.45) is 6.37. The van der Waals surface area contributed by atoms with Crippen LogP contribution in [0.15, 0.2) is 0 Å². The van der Waals surface area contributed by atoms with Gasteiger partial charge in [-0.1, -0.05) is 19.3 Å². The van der Waals surface area contributed by atoms with Gasteiger partial charge in [0, 0.05) is 25.6 Å². The van der Waals surface area contributed by atoms with Crippen LogP contribution in [0.3, 0.4) is 0 Å². The highest BCUT2D eigenvalue weighted by molar-refractivity contribution is 5.74. The molecule has 1 aromatic heterocycles. The Morgan fingerprint density at radius 2 is 2.12 bits per heavy atom. The monoisotopic (exact) mass is 334 g/mol. The van der Waals surface area contributed by atoms with Crippen LogP contribution >= 0.6 is 0 Å². The van der Waals surface area contributed by atoms with Gasteiger partial charge in [-0.2, -0.15) is 0 Å². The molecule has 24 heavy (non-hydrogen) atoms. The van der Waals surface area contributed by atoms with E-state index in [1.807, 2.05) is 9.58 Å². The number of urea groups is 1. The summed E-state index contributed by atoms with van der Waals surface area (Å²) in [6, 6.07) is -0.0363. The minimum absolute atomic E-state index is 0.0363. The van der Waals surface area contributed by atoms with E-state index in [2.05, 4.69) is 20.8 Å². The van der Waals surface area contributed by atoms with Crippen molar-refractivity contribution in [3.05, 3.63) is 5.82 Å². The summed E-state index contributed by atoms with van der Waals surface area (Å²) in [5.74, 6) is 2.64. The number of aromatic nitrogens is 4. The first kappa shape index (κ1) is 15.8. The lowest BCUT2D eigenvalue weighted by Gasteiger charge is -2.34. The maximum atomic E-state index is 12.5. The Labute approximate surface area is 141 Å². The van der Waals surface area contributed by atoms with Crippen LogP contribution in [0, 0.1) is 17.8 Å². The highest BCUT2D eigenvalue weighted by Crippen LogP contribution is 2.34. The maximum Gasteiger partial charge on any atom is 0.317 e. The van der Waals surface area contributed by atoms with Crippen molar-refractivity contribution in [1.29, 1.82) is 0 Å². The standard InChI is InChI=1S/C16H26N6O2/c23-16(17-8-15-18-19-20-22(15)9-12-4-5-12)21-6-7-24-11-14(10-21)13-2-1-3-13/h12-14H,1-11H2,(H,17,23). The number of amides is 2. The number of carbonyl (C=O) groups excluding carboxylic acids is 1. The van der Waals surface area contributed by atoms with E-state index in [-0.39, 0.29) is 6.03 Å². The Hall–Kier alpha value is -1.70. The third-order valence-electron chi connectivity index (χ3n) is 5.53. The van der Waals surface area contributed by atoms with Gasteiger partial charge in [0.1, 0.15) is 0 Å². The number of hydrogen-bond donors (Lipinski definition) is 1. The zero-order chi connectivity index (χ0) is 16.4. The van der Waals surface area contributed by atoms with E-state index in [9.17, 15) is 4.79 Å². The lowest BCUT2D eigenvalue weighted by molar-refractivity contribution is 0.0775. The number of ether oxygens (including phenoxy) is 1. The first-order chi connectivity index (χ1) is 11.8. The van der Waals surface area contributed by atoms with Crippen LogP contribution in [-0.2, 0) is 17.8 Å². The van der Waals surface area contributed by atoms with Crippen molar-refractivity contribution in [2.24, 2.45) is 17.8 Å². The smallest absolute Gasteiger partial charge is 0.317 e. The number of tetrazole rings is 1. The third-order valence-corrected chi connectivity index (χ3v) is 5.53. The largest absolute Gasteiger partial charge is 0.379 e. The second kappa shape index (κ2) is 7.04. The SMILES string of the molecule is O=C(NCc1nnnn1CC1CC1)N1CCOCC(C2CCC2)C1. The van der Waals surface area contributed by atoms with Gasteiger partial charge >= 0.3 is 6.03 Å². The Morgan fingerprint density at radius 3 is 2.88 bits per heavy atom. The second-order valence-corrected chi connectivity index (χ2v) is 7.35. The van der Waals surface area contributed by atoms with Crippen molar-refractivity contribution in [3.8, 4) is 0 Å². The van der Waals surface area contributed by atoms with Crippen molar-refractivity contribution in [1.82, 2.24) is 30.4 Å². The fraction of sp³-hybridized carbons (Fsp3) is 0.875. The Kier molecular flexibility index (Phi) is 4.64. The molecule has 132 valence electrons. The van der Waals surface area contributed by atoms with Gasteiger partial charge in [0.2, 0.25) is 0 Å². The summed E-state index contributed by atoms with van der Waals surface area (Å²) in [5.41, 5.74) is 0. The van der Waals surface area contributed by atoms with Crippen molar-refractivity contribution in [2.45, 2.75) is 45.2 Å². The Balaban J connectivity index is 1.30. The number of nitrogens with one attached hydrogen (secondary N) is 1. The first-order valence-electron chi connectivity index (χ1n) is 9.15. The van der Waals surface area contributed by atoms with E-state index in [1.165, 1.54) is 32.1 Å². The molecular formula is C16H26N6O2. The van der Waals surface area contributed by atoms with Crippen LogP contribution in [0.1, 0.15) is 37.9 Å². The molecule has 4 rings (SSSR count). The maximum absolute atomic E-state index is 12.5. The molecular weight excluding hydrogens is 308 g/mol. The molecule has 1 N–H and O–H groups in total. The number of rotatable bonds is 5. The van der Waals surface area contributed by atoms with Crippen LogP contribution < -0.4 is 5.32 Å². The van der Waals surface area contributed by atoms with E-state index < -0.39 is 0 Å². The summed E-state index contributed by atoms with van der Waals surface area (Å²) in [7, 11) is 0. The zero-order valence-electron chi connectivity index (χ0n) is 14.1. The Morgan fingerprint density at radius 1 is 1.25 bits per heavy atom. The molecule has 2 heterocycles. The van der Waals surface area contributed by atoms with Gasteiger partial charge in [-0.3, -0.25) is 0 Å². The molecule has 2 aliphatic carbocycles. The summed E-state index contributed by atoms with van der Waals surface area (Å²) in [6.45, 7) is 4.10. The topological polar surface area (TPSA) is 85.2 Å². The van der Waals surface area contributed by atoms with Gasteiger partial charge in [0.25, 0.3) is 0 Å². The van der Waals surface area contributed by atoms with Crippen LogP contribution in [0.2, 0.25) is 0 Å². The molecule has 8 nitrogen and oxygen atoms in total. The lowest BCUT2D eigenvalue weighted by atomic mass is 9.76. The molecule has 1 saturated heterocycles. The summed E-state index contributed by atoms with van der Waals surface area (Å²) < 4.78 is 7.53. The predicted octanol–water partition coefficient (Wildman–Crippen LogP) is 1.04. The number of hydrogen-bond acceptors (Lipinski definition) is 5. The van der Waals surface area contributed by atoms with Crippen LogP contribution in [-0.4, -0.2) is 57.4 Å². The van der Waals surface area contributed by atoms with Crippen LogP contribution in [0.25, 0.3) is 0 Å². The highest BCUT2D eigenvalue weighted by atomic mass is 16.5. The van der Waals surface area contributed by atoms with E-state index >= 15 is 0 Å². The molecule has 2 amide bonds. The van der Waals surface area contributed by atoms with Gasteiger partial charge < -0.3 is 15.0 Å². The van der Waals surface area contributed by atoms with Crippen molar-refractivity contribution in [2.75, 3.05) is 26.3 Å². The molecule has 1 aromatic rings. The van der Waals surface area contributed by atoms with Crippen molar-refractivity contribution < 1.29 is 9.53 Å². The predicted molar refractivity (Wildman–Crippen MR) is 86.0 cm³/mol. The Bertz CT molecular complexity index is 569. The first-order valence-corrected chi connectivity index (χ1v) is 9.15. The second-order valence-electron chi connectivity index (χ2n) is 7.35. The molecule has 1 atom stereocenters. The summed E-state index contributed by atoms with van der Waals surface area (Å²) in [5, 5.41) is 14.8. The summed E-state index contributed by atoms with van der Waals surface area (Å²) >= 11 is 0. The normalized spacial score (nSPS) is 25.2. The molecule has 0 radical (unpaired) electrons. The van der Waals surface area contributed by atoms with Crippen molar-refractivity contribution in [3.63, 3.8) is 0 Å². The molecule has 0 aromatic carbocycles. The van der Waals surface area contributed by atoms with Crippen molar-refractivity contribution >= 4 is 6.03 Å². The minimum atomic E-state index is -0.0363. The molecule has 3 fully saturated rings. The number of nitrogens with zero attached hydrogens (tertiary/aromatic N) is 5. The lowest BCUT2D eigenvalue weighted by Crippen LogP contribution is -2.44. The molecule has 2 saturated carbocycles. The fourth-order valence-corrected chi connectivity index (χ4v) is 3.52. The molecule has 3 aliphatic rings. The van der Waals surface area contributed by atoms with Crippen LogP contribution in [0.5, 0.6) is 0 Å². The molecule has 0 bridgehead atoms. The average Bonchev–Trinajstić information content (AvgIpc) is 3.27. The minimum Gasteiger partial charge on any atom is -0.379 e. The van der Waals surface area contributed by atoms with Gasteiger partial charge in [-0.15, -0.1) is 5.10 Å². The molecule has 8 heteroatoms. The zero-order valence-corrected chi connectivity index (χ0v) is 14.1. The third kappa shape index (κ3) is 3.68. The van der Waals surface area contributed by atoms with E-state index in [4.69, 9.17) is 4.74 Å². The highest BCUT2D eigenvalue weighted by Gasteiger charge is 2.32. The van der Waals surface area contributed by atoms with E-state index in [1.54, 1.807) is 0 Å². The van der Waals surface area contributed by atoms with E-state index in [0.717, 1.165) is 31.4 Å². The molecule has 0 spiro atoms. The van der Waals surface area contributed by atoms with Gasteiger partial charge in [0.05, 0.1) is 19.8 Å². The summed E-state index contributed by atoms with van der Waals surface area (Å²) in [4.78, 5) is 14.4. The molecule has 1 aliphatic heterocycles. The quantitative estimate of drug-likeness (QED) is 0.870. The fourth-order valence-electron chi connectivity index (χ4n) is 3.52. The number of carbonyl (C=O) groups is 1.